The largest absolute Gasteiger partial charge is 0.573 e. The molecule has 1 aliphatic rings. The molecule has 0 amide bonds. The number of benzene rings is 2. The number of alkyl halides is 3. The van der Waals surface area contributed by atoms with Crippen LogP contribution in [0.25, 0.3) is 11.1 Å². The summed E-state index contributed by atoms with van der Waals surface area (Å²) in [6.45, 7) is 4.94. The first-order chi connectivity index (χ1) is 14.9. The van der Waals surface area contributed by atoms with Gasteiger partial charge in [0.1, 0.15) is 18.1 Å². The summed E-state index contributed by atoms with van der Waals surface area (Å²) < 4.78 is 47.0. The fourth-order valence-corrected chi connectivity index (χ4v) is 3.76. The Kier molecular flexibility index (Phi) is 6.13. The number of fused-ring (bicyclic) bond motifs is 1. The van der Waals surface area contributed by atoms with Crippen molar-refractivity contribution in [3.05, 3.63) is 77.6 Å². The standard InChI is InChI=1S/C24H23F3N2O2/c1-2-17-4-3-11-28-22(17)16-29-12-13-30-23-10-7-19(14-20(23)15-29)18-5-8-21(9-6-18)31-24(25,26)27/h3-11,14H,2,12-13,15-16H2,1H3. The van der Waals surface area contributed by atoms with E-state index in [4.69, 9.17) is 4.74 Å². The van der Waals surface area contributed by atoms with Gasteiger partial charge in [0.2, 0.25) is 0 Å². The van der Waals surface area contributed by atoms with Crippen molar-refractivity contribution in [1.82, 2.24) is 9.88 Å². The number of pyridine rings is 1. The third-order valence-corrected chi connectivity index (χ3v) is 5.28. The summed E-state index contributed by atoms with van der Waals surface area (Å²) >= 11 is 0. The van der Waals surface area contributed by atoms with Gasteiger partial charge in [0, 0.05) is 31.4 Å². The van der Waals surface area contributed by atoms with Crippen LogP contribution in [0.3, 0.4) is 0 Å². The predicted molar refractivity (Wildman–Crippen MR) is 112 cm³/mol. The number of rotatable bonds is 5. The fourth-order valence-electron chi connectivity index (χ4n) is 3.76. The van der Waals surface area contributed by atoms with Gasteiger partial charge in [-0.25, -0.2) is 0 Å². The van der Waals surface area contributed by atoms with E-state index in [0.29, 0.717) is 13.2 Å². The Morgan fingerprint density at radius 3 is 2.58 bits per heavy atom. The van der Waals surface area contributed by atoms with Crippen LogP contribution in [0.2, 0.25) is 0 Å². The Labute approximate surface area is 179 Å². The Hall–Kier alpha value is -3.06. The fraction of sp³-hybridized carbons (Fsp3) is 0.292. The lowest BCUT2D eigenvalue weighted by atomic mass is 10.0. The normalized spacial score (nSPS) is 14.5. The van der Waals surface area contributed by atoms with E-state index in [-0.39, 0.29) is 5.75 Å². The minimum atomic E-state index is -4.70. The molecular weight excluding hydrogens is 405 g/mol. The molecule has 31 heavy (non-hydrogen) atoms. The summed E-state index contributed by atoms with van der Waals surface area (Å²) in [4.78, 5) is 6.86. The van der Waals surface area contributed by atoms with Crippen molar-refractivity contribution in [2.24, 2.45) is 0 Å². The molecule has 1 aliphatic heterocycles. The van der Waals surface area contributed by atoms with Crippen molar-refractivity contribution in [1.29, 1.82) is 0 Å². The average molecular weight is 428 g/mol. The van der Waals surface area contributed by atoms with Gasteiger partial charge in [-0.2, -0.15) is 0 Å². The summed E-state index contributed by atoms with van der Waals surface area (Å²) in [5.74, 6) is 0.600. The topological polar surface area (TPSA) is 34.6 Å². The number of hydrogen-bond acceptors (Lipinski definition) is 4. The second-order valence-corrected chi connectivity index (χ2v) is 7.42. The van der Waals surface area contributed by atoms with Crippen LogP contribution < -0.4 is 9.47 Å². The summed E-state index contributed by atoms with van der Waals surface area (Å²) in [6, 6.07) is 15.8. The highest BCUT2D eigenvalue weighted by molar-refractivity contribution is 5.66. The zero-order valence-electron chi connectivity index (χ0n) is 17.2. The number of aromatic nitrogens is 1. The molecule has 0 saturated heterocycles. The monoisotopic (exact) mass is 428 g/mol. The molecule has 1 aromatic heterocycles. The molecule has 0 unspecified atom stereocenters. The van der Waals surface area contributed by atoms with E-state index >= 15 is 0 Å². The Balaban J connectivity index is 1.54. The lowest BCUT2D eigenvalue weighted by Gasteiger charge is -2.20. The molecule has 0 saturated carbocycles. The zero-order valence-corrected chi connectivity index (χ0v) is 17.2. The molecule has 0 aliphatic carbocycles. The third-order valence-electron chi connectivity index (χ3n) is 5.28. The van der Waals surface area contributed by atoms with Gasteiger partial charge in [-0.15, -0.1) is 13.2 Å². The van der Waals surface area contributed by atoms with Crippen LogP contribution in [-0.2, 0) is 19.5 Å². The van der Waals surface area contributed by atoms with Gasteiger partial charge in [0.25, 0.3) is 0 Å². The van der Waals surface area contributed by atoms with Crippen LogP contribution in [0.4, 0.5) is 13.2 Å². The molecule has 7 heteroatoms. The summed E-state index contributed by atoms with van der Waals surface area (Å²) in [5.41, 5.74) is 5.08. The van der Waals surface area contributed by atoms with Crippen molar-refractivity contribution < 1.29 is 22.6 Å². The molecule has 2 aromatic carbocycles. The summed E-state index contributed by atoms with van der Waals surface area (Å²) in [6.07, 6.45) is -1.94. The Morgan fingerprint density at radius 2 is 1.84 bits per heavy atom. The SMILES string of the molecule is CCc1cccnc1CN1CCOc2ccc(-c3ccc(OC(F)(F)F)cc3)cc2C1. The van der Waals surface area contributed by atoms with Gasteiger partial charge in [-0.1, -0.05) is 31.2 Å². The highest BCUT2D eigenvalue weighted by Crippen LogP contribution is 2.31. The molecule has 2 heterocycles. The van der Waals surface area contributed by atoms with Crippen LogP contribution >= 0.6 is 0 Å². The number of hydrogen-bond donors (Lipinski definition) is 0. The first kappa shape index (κ1) is 21.2. The molecule has 0 fully saturated rings. The maximum atomic E-state index is 12.4. The third kappa shape index (κ3) is 5.35. The lowest BCUT2D eigenvalue weighted by molar-refractivity contribution is -0.274. The molecular formula is C24H23F3N2O2. The predicted octanol–water partition coefficient (Wildman–Crippen LogP) is 5.60. The minimum absolute atomic E-state index is 0.234. The highest BCUT2D eigenvalue weighted by Gasteiger charge is 2.31. The van der Waals surface area contributed by atoms with Gasteiger partial charge in [-0.05, 0) is 53.4 Å². The van der Waals surface area contributed by atoms with E-state index in [1.54, 1.807) is 12.1 Å². The molecule has 0 atom stereocenters. The van der Waals surface area contributed by atoms with Gasteiger partial charge in [0.05, 0.1) is 5.69 Å². The molecule has 0 bridgehead atoms. The number of aryl methyl sites for hydroxylation is 1. The smallest absolute Gasteiger partial charge is 0.492 e. The van der Waals surface area contributed by atoms with Crippen molar-refractivity contribution in [3.8, 4) is 22.6 Å². The number of nitrogens with zero attached hydrogens (tertiary/aromatic N) is 2. The minimum Gasteiger partial charge on any atom is -0.492 e. The maximum Gasteiger partial charge on any atom is 0.573 e. The van der Waals surface area contributed by atoms with Crippen molar-refractivity contribution >= 4 is 0 Å². The zero-order chi connectivity index (χ0) is 21.8. The molecule has 0 N–H and O–H groups in total. The van der Waals surface area contributed by atoms with E-state index < -0.39 is 6.36 Å². The summed E-state index contributed by atoms with van der Waals surface area (Å²) in [5, 5.41) is 0. The molecule has 162 valence electrons. The van der Waals surface area contributed by atoms with Crippen molar-refractivity contribution in [2.75, 3.05) is 13.2 Å². The van der Waals surface area contributed by atoms with Crippen LogP contribution in [0, 0.1) is 0 Å². The van der Waals surface area contributed by atoms with Crippen LogP contribution in [0.5, 0.6) is 11.5 Å². The van der Waals surface area contributed by atoms with E-state index in [2.05, 4.69) is 27.6 Å². The van der Waals surface area contributed by atoms with Crippen LogP contribution in [-0.4, -0.2) is 29.4 Å². The second-order valence-electron chi connectivity index (χ2n) is 7.42. The average Bonchev–Trinajstić information content (AvgIpc) is 2.94. The quantitative estimate of drug-likeness (QED) is 0.530. The van der Waals surface area contributed by atoms with Crippen LogP contribution in [0.15, 0.2) is 60.8 Å². The maximum absolute atomic E-state index is 12.4. The van der Waals surface area contributed by atoms with Gasteiger partial charge < -0.3 is 9.47 Å². The molecule has 4 rings (SSSR count). The van der Waals surface area contributed by atoms with Gasteiger partial charge in [-0.3, -0.25) is 9.88 Å². The van der Waals surface area contributed by atoms with Gasteiger partial charge >= 0.3 is 6.36 Å². The van der Waals surface area contributed by atoms with Crippen molar-refractivity contribution in [3.63, 3.8) is 0 Å². The lowest BCUT2D eigenvalue weighted by Crippen LogP contribution is -2.26. The molecule has 3 aromatic rings. The number of halogens is 3. The van der Waals surface area contributed by atoms with Crippen molar-refractivity contribution in [2.45, 2.75) is 32.8 Å². The molecule has 4 nitrogen and oxygen atoms in total. The molecule has 0 radical (unpaired) electrons. The molecule has 0 spiro atoms. The summed E-state index contributed by atoms with van der Waals surface area (Å²) in [7, 11) is 0. The van der Waals surface area contributed by atoms with Crippen LogP contribution in [0.1, 0.15) is 23.7 Å². The Morgan fingerprint density at radius 1 is 1.06 bits per heavy atom. The number of ether oxygens (including phenoxy) is 2. The first-order valence-corrected chi connectivity index (χ1v) is 10.2. The van der Waals surface area contributed by atoms with Gasteiger partial charge in [0.15, 0.2) is 0 Å². The van der Waals surface area contributed by atoms with E-state index in [0.717, 1.165) is 47.6 Å². The van der Waals surface area contributed by atoms with E-state index in [9.17, 15) is 13.2 Å². The first-order valence-electron chi connectivity index (χ1n) is 10.2. The Bertz CT molecular complexity index is 1040. The highest BCUT2D eigenvalue weighted by atomic mass is 19.4. The van der Waals surface area contributed by atoms with E-state index in [1.807, 2.05) is 30.5 Å². The second kappa shape index (κ2) is 8.98. The van der Waals surface area contributed by atoms with E-state index in [1.165, 1.54) is 17.7 Å².